The van der Waals surface area contributed by atoms with Gasteiger partial charge in [0.1, 0.15) is 5.25 Å². The Kier molecular flexibility index (Phi) is 5.35. The van der Waals surface area contributed by atoms with Crippen LogP contribution in [-0.2, 0) is 4.79 Å². The number of thioether (sulfide) groups is 1. The van der Waals surface area contributed by atoms with Crippen LogP contribution in [0.15, 0.2) is 78.2 Å². The number of fused-ring (bicyclic) bond motifs is 1. The summed E-state index contributed by atoms with van der Waals surface area (Å²) in [7, 11) is 0. The third-order valence-electron chi connectivity index (χ3n) is 4.20. The molecule has 4 rings (SSSR count). The second-order valence-corrected chi connectivity index (χ2v) is 7.37. The van der Waals surface area contributed by atoms with E-state index in [2.05, 4.69) is 20.4 Å². The Labute approximate surface area is 171 Å². The Morgan fingerprint density at radius 3 is 2.66 bits per heavy atom. The highest BCUT2D eigenvalue weighted by atomic mass is 32.2. The molecule has 0 fully saturated rings. The Balaban J connectivity index is 1.62. The summed E-state index contributed by atoms with van der Waals surface area (Å²) in [6.45, 7) is 1.49. The highest BCUT2D eigenvalue weighted by molar-refractivity contribution is 8.00. The maximum Gasteiger partial charge on any atom is 0.253 e. The van der Waals surface area contributed by atoms with E-state index in [1.807, 2.05) is 30.3 Å². The molecule has 2 aromatic carbocycles. The molecular weight excluding hydrogens is 386 g/mol. The molecule has 1 atom stereocenters. The number of anilines is 1. The summed E-state index contributed by atoms with van der Waals surface area (Å²) in [6.07, 6.45) is 3.39. The summed E-state index contributed by atoms with van der Waals surface area (Å²) in [6, 6.07) is 18.1. The molecule has 0 saturated carbocycles. The Hall–Kier alpha value is -3.52. The molecule has 2 aromatic heterocycles. The highest BCUT2D eigenvalue weighted by Gasteiger charge is 2.24. The number of aromatic nitrogens is 4. The molecule has 1 amide bonds. The standard InChI is InChI=1S/C21H17N5O2S/c1-14(27)16-9-5-10-17(13-16)23-19(28)18(15-7-3-2-4-8-15)29-21-24-20-22-11-6-12-26(20)25-21/h2-13,18H,1H3,(H,23,28)/t18-/m1/s1. The first kappa shape index (κ1) is 18.8. The molecule has 0 aliphatic rings. The van der Waals surface area contributed by atoms with Gasteiger partial charge in [-0.3, -0.25) is 9.59 Å². The van der Waals surface area contributed by atoms with Crippen molar-refractivity contribution in [1.29, 1.82) is 0 Å². The van der Waals surface area contributed by atoms with Crippen LogP contribution in [0.3, 0.4) is 0 Å². The van der Waals surface area contributed by atoms with E-state index >= 15 is 0 Å². The topological polar surface area (TPSA) is 89.2 Å². The molecule has 0 unspecified atom stereocenters. The van der Waals surface area contributed by atoms with Gasteiger partial charge in [-0.2, -0.15) is 4.98 Å². The number of rotatable bonds is 6. The molecule has 8 heteroatoms. The van der Waals surface area contributed by atoms with Gasteiger partial charge < -0.3 is 5.32 Å². The summed E-state index contributed by atoms with van der Waals surface area (Å²) < 4.78 is 1.57. The number of nitrogens with zero attached hydrogens (tertiary/aromatic N) is 4. The fourth-order valence-electron chi connectivity index (χ4n) is 2.79. The first-order valence-electron chi connectivity index (χ1n) is 8.91. The van der Waals surface area contributed by atoms with Crippen molar-refractivity contribution in [2.45, 2.75) is 17.3 Å². The third-order valence-corrected chi connectivity index (χ3v) is 5.30. The van der Waals surface area contributed by atoms with Gasteiger partial charge in [0.25, 0.3) is 5.78 Å². The van der Waals surface area contributed by atoms with Crippen molar-refractivity contribution in [3.63, 3.8) is 0 Å². The Bertz CT molecular complexity index is 1140. The maximum absolute atomic E-state index is 13.1. The average molecular weight is 403 g/mol. The van der Waals surface area contributed by atoms with Crippen LogP contribution >= 0.6 is 11.8 Å². The minimum Gasteiger partial charge on any atom is -0.325 e. The van der Waals surface area contributed by atoms with Crippen molar-refractivity contribution in [1.82, 2.24) is 19.6 Å². The van der Waals surface area contributed by atoms with Crippen molar-refractivity contribution in [3.05, 3.63) is 84.2 Å². The lowest BCUT2D eigenvalue weighted by Gasteiger charge is -2.15. The van der Waals surface area contributed by atoms with Crippen LogP contribution < -0.4 is 5.32 Å². The second-order valence-electron chi connectivity index (χ2n) is 6.29. The summed E-state index contributed by atoms with van der Waals surface area (Å²) >= 11 is 1.24. The van der Waals surface area contributed by atoms with Gasteiger partial charge >= 0.3 is 0 Å². The van der Waals surface area contributed by atoms with E-state index in [4.69, 9.17) is 0 Å². The predicted octanol–water partition coefficient (Wildman–Crippen LogP) is 3.80. The number of carbonyl (C=O) groups is 2. The lowest BCUT2D eigenvalue weighted by molar-refractivity contribution is -0.115. The van der Waals surface area contributed by atoms with Crippen LogP contribution in [0.5, 0.6) is 0 Å². The van der Waals surface area contributed by atoms with Crippen molar-refractivity contribution < 1.29 is 9.59 Å². The van der Waals surface area contributed by atoms with Crippen LogP contribution in [0.2, 0.25) is 0 Å². The lowest BCUT2D eigenvalue weighted by atomic mass is 10.1. The first-order valence-corrected chi connectivity index (χ1v) is 9.79. The third kappa shape index (κ3) is 4.33. The zero-order valence-electron chi connectivity index (χ0n) is 15.5. The van der Waals surface area contributed by atoms with Crippen molar-refractivity contribution in [3.8, 4) is 0 Å². The smallest absolute Gasteiger partial charge is 0.253 e. The van der Waals surface area contributed by atoms with Gasteiger partial charge in [0.2, 0.25) is 11.1 Å². The van der Waals surface area contributed by atoms with Gasteiger partial charge in [-0.25, -0.2) is 9.50 Å². The molecule has 0 saturated heterocycles. The Morgan fingerprint density at radius 1 is 1.07 bits per heavy atom. The molecule has 4 aromatic rings. The SMILES string of the molecule is CC(=O)c1cccc(NC(=O)[C@H](Sc2nc3ncccn3n2)c2ccccc2)c1. The van der Waals surface area contributed by atoms with Gasteiger partial charge in [-0.1, -0.05) is 54.2 Å². The van der Waals surface area contributed by atoms with Crippen LogP contribution in [0.4, 0.5) is 5.69 Å². The molecule has 0 aliphatic carbocycles. The zero-order valence-corrected chi connectivity index (χ0v) is 16.3. The Morgan fingerprint density at radius 2 is 1.90 bits per heavy atom. The molecule has 0 radical (unpaired) electrons. The molecule has 2 heterocycles. The van der Waals surface area contributed by atoms with E-state index in [1.54, 1.807) is 47.2 Å². The van der Waals surface area contributed by atoms with E-state index < -0.39 is 5.25 Å². The quantitative estimate of drug-likeness (QED) is 0.389. The summed E-state index contributed by atoms with van der Waals surface area (Å²) in [5.74, 6) is 0.182. The summed E-state index contributed by atoms with van der Waals surface area (Å²) in [4.78, 5) is 33.3. The van der Waals surface area contributed by atoms with E-state index in [9.17, 15) is 9.59 Å². The molecule has 0 spiro atoms. The minimum absolute atomic E-state index is 0.0588. The molecule has 144 valence electrons. The number of benzene rings is 2. The summed E-state index contributed by atoms with van der Waals surface area (Å²) in [5.41, 5.74) is 1.93. The van der Waals surface area contributed by atoms with Gasteiger partial charge in [-0.05, 0) is 30.7 Å². The van der Waals surface area contributed by atoms with Crippen LogP contribution in [0, 0.1) is 0 Å². The van der Waals surface area contributed by atoms with E-state index in [1.165, 1.54) is 18.7 Å². The van der Waals surface area contributed by atoms with Crippen molar-refractivity contribution >= 4 is 34.9 Å². The highest BCUT2D eigenvalue weighted by Crippen LogP contribution is 2.34. The number of nitrogens with one attached hydrogen (secondary N) is 1. The number of hydrogen-bond acceptors (Lipinski definition) is 6. The van der Waals surface area contributed by atoms with Crippen molar-refractivity contribution in [2.75, 3.05) is 5.32 Å². The largest absolute Gasteiger partial charge is 0.325 e. The van der Waals surface area contributed by atoms with Gasteiger partial charge in [0.15, 0.2) is 5.78 Å². The van der Waals surface area contributed by atoms with Crippen LogP contribution in [0.25, 0.3) is 5.78 Å². The van der Waals surface area contributed by atoms with Gasteiger partial charge in [-0.15, -0.1) is 5.10 Å². The number of carbonyl (C=O) groups excluding carboxylic acids is 2. The fraction of sp³-hybridized carbons (Fsp3) is 0.0952. The molecule has 29 heavy (non-hydrogen) atoms. The van der Waals surface area contributed by atoms with Crippen LogP contribution in [-0.4, -0.2) is 31.3 Å². The first-order chi connectivity index (χ1) is 14.1. The lowest BCUT2D eigenvalue weighted by Crippen LogP contribution is -2.19. The maximum atomic E-state index is 13.1. The average Bonchev–Trinajstić information content (AvgIpc) is 3.15. The van der Waals surface area contributed by atoms with E-state index in [0.29, 0.717) is 22.2 Å². The van der Waals surface area contributed by atoms with Crippen molar-refractivity contribution in [2.24, 2.45) is 0 Å². The molecule has 1 N–H and O–H groups in total. The number of ketones is 1. The second kappa shape index (κ2) is 8.24. The molecular formula is C21H17N5O2S. The van der Waals surface area contributed by atoms with Gasteiger partial charge in [0, 0.05) is 23.6 Å². The summed E-state index contributed by atoms with van der Waals surface area (Å²) in [5, 5.41) is 7.16. The van der Waals surface area contributed by atoms with E-state index in [0.717, 1.165) is 5.56 Å². The fourth-order valence-corrected chi connectivity index (χ4v) is 3.73. The molecule has 7 nitrogen and oxygen atoms in total. The predicted molar refractivity (Wildman–Crippen MR) is 111 cm³/mol. The van der Waals surface area contributed by atoms with Crippen LogP contribution in [0.1, 0.15) is 28.1 Å². The normalized spacial score (nSPS) is 11.9. The van der Waals surface area contributed by atoms with Gasteiger partial charge in [0.05, 0.1) is 0 Å². The number of Topliss-reactive ketones (excluding diaryl/α,β-unsaturated/α-hetero) is 1. The zero-order chi connectivity index (χ0) is 20.2. The molecule has 0 bridgehead atoms. The number of amides is 1. The minimum atomic E-state index is -0.574. The monoisotopic (exact) mass is 403 g/mol. The van der Waals surface area contributed by atoms with E-state index in [-0.39, 0.29) is 11.7 Å². The molecule has 0 aliphatic heterocycles. The number of hydrogen-bond donors (Lipinski definition) is 1.